The molecule has 0 spiro atoms. The number of unbranched alkanes of at least 4 members (excludes halogenated alkanes) is 3. The molecule has 56 heavy (non-hydrogen) atoms. The highest BCUT2D eigenvalue weighted by Gasteiger charge is 2.20. The zero-order chi connectivity index (χ0) is 41.8. The number of nitrogens with zero attached hydrogens (tertiary/aromatic N) is 1. The van der Waals surface area contributed by atoms with Gasteiger partial charge in [0.2, 0.25) is 0 Å². The summed E-state index contributed by atoms with van der Waals surface area (Å²) in [4.78, 5) is 76.9. The number of ether oxygens (including phenoxy) is 6. The Bertz CT molecular complexity index is 1420. The maximum absolute atomic E-state index is 13.0. The van der Waals surface area contributed by atoms with Crippen molar-refractivity contribution in [3.05, 3.63) is 47.5 Å². The molecule has 0 bridgehead atoms. The van der Waals surface area contributed by atoms with Crippen LogP contribution in [-0.4, -0.2) is 85.3 Å². The minimum Gasteiger partial charge on any atom is -0.462 e. The normalized spacial score (nSPS) is 11.2. The number of hydrogen-bond acceptors (Lipinski definition) is 14. The van der Waals surface area contributed by atoms with Crippen LogP contribution in [0.2, 0.25) is 0 Å². The molecule has 14 nitrogen and oxygen atoms in total. The van der Waals surface area contributed by atoms with E-state index < -0.39 is 59.5 Å². The van der Waals surface area contributed by atoms with Crippen LogP contribution in [0, 0.1) is 23.7 Å². The molecular weight excluding hydrogens is 726 g/mol. The van der Waals surface area contributed by atoms with Crippen LogP contribution in [0.15, 0.2) is 36.4 Å². The number of benzene rings is 2. The minimum absolute atomic E-state index is 0.0649. The fraction of sp³-hybridized carbons (Fsp3) is 0.571. The number of aliphatic hydroxyl groups is 1. The van der Waals surface area contributed by atoms with E-state index in [0.29, 0.717) is 45.2 Å². The molecule has 0 saturated heterocycles. The summed E-state index contributed by atoms with van der Waals surface area (Å²) in [5, 5.41) is 9.29. The highest BCUT2D eigenvalue weighted by Crippen LogP contribution is 2.27. The summed E-state index contributed by atoms with van der Waals surface area (Å²) in [5.41, 5.74) is 0.156. The van der Waals surface area contributed by atoms with E-state index in [-0.39, 0.29) is 53.9 Å². The molecule has 14 heteroatoms. The molecule has 2 aromatic rings. The van der Waals surface area contributed by atoms with Crippen molar-refractivity contribution >= 4 is 35.8 Å². The average Bonchev–Trinajstić information content (AvgIpc) is 3.13. The summed E-state index contributed by atoms with van der Waals surface area (Å²) in [6.45, 7) is 15.9. The van der Waals surface area contributed by atoms with Gasteiger partial charge < -0.3 is 38.4 Å². The first-order valence-electron chi connectivity index (χ1n) is 19.3. The van der Waals surface area contributed by atoms with E-state index in [1.54, 1.807) is 55.4 Å². The predicted octanol–water partition coefficient (Wildman–Crippen LogP) is 6.58. The molecule has 0 aliphatic heterocycles. The molecular formula is C42H59NO13. The standard InChI is InChI=1S/C42H59NO13/c1-27(2)37(45)53-33-21-31(22-34(25-33)54-38(46)28(3)4)41(49)51-19-13-10-16-43(15-9-12-18-44)17-11-14-20-52-42(50)32-23-35(55-39(47)29(5)6)26-36(24-32)56-40(48)30(7)8/h21-30,44H,9-20H2,1-8H3. The largest absolute Gasteiger partial charge is 0.462 e. The highest BCUT2D eigenvalue weighted by molar-refractivity contribution is 5.92. The van der Waals surface area contributed by atoms with Crippen molar-refractivity contribution in [2.75, 3.05) is 39.5 Å². The molecule has 0 fully saturated rings. The Hall–Kier alpha value is -4.82. The van der Waals surface area contributed by atoms with Gasteiger partial charge in [-0.15, -0.1) is 0 Å². The molecule has 0 aromatic heterocycles. The number of rotatable bonds is 24. The monoisotopic (exact) mass is 785 g/mol. The average molecular weight is 786 g/mol. The van der Waals surface area contributed by atoms with Crippen molar-refractivity contribution in [2.45, 2.75) is 93.9 Å². The molecule has 310 valence electrons. The van der Waals surface area contributed by atoms with Gasteiger partial charge in [0.25, 0.3) is 0 Å². The lowest BCUT2D eigenvalue weighted by Crippen LogP contribution is -2.28. The van der Waals surface area contributed by atoms with Crippen LogP contribution in [0.4, 0.5) is 0 Å². The Kier molecular flexibility index (Phi) is 20.8. The third-order valence-corrected chi connectivity index (χ3v) is 8.08. The quantitative estimate of drug-likeness (QED) is 0.0685. The molecule has 0 aliphatic carbocycles. The van der Waals surface area contributed by atoms with E-state index in [9.17, 15) is 33.9 Å². The number of aliphatic hydroxyl groups excluding tert-OH is 1. The van der Waals surface area contributed by atoms with Crippen LogP contribution in [0.3, 0.4) is 0 Å². The molecule has 0 unspecified atom stereocenters. The second-order valence-electron chi connectivity index (χ2n) is 14.6. The van der Waals surface area contributed by atoms with E-state index in [0.717, 1.165) is 13.0 Å². The van der Waals surface area contributed by atoms with Crippen LogP contribution < -0.4 is 18.9 Å². The lowest BCUT2D eigenvalue weighted by molar-refractivity contribution is -0.139. The van der Waals surface area contributed by atoms with Gasteiger partial charge in [-0.25, -0.2) is 9.59 Å². The summed E-state index contributed by atoms with van der Waals surface area (Å²) in [6.07, 6.45) is 4.02. The first-order valence-corrected chi connectivity index (χ1v) is 19.3. The molecule has 2 aromatic carbocycles. The number of carbonyl (C=O) groups is 6. The van der Waals surface area contributed by atoms with Crippen LogP contribution in [0.5, 0.6) is 23.0 Å². The van der Waals surface area contributed by atoms with Crippen LogP contribution in [0.1, 0.15) is 115 Å². The summed E-state index contributed by atoms with van der Waals surface area (Å²) >= 11 is 0. The maximum Gasteiger partial charge on any atom is 0.338 e. The Morgan fingerprint density at radius 1 is 0.464 bits per heavy atom. The van der Waals surface area contributed by atoms with E-state index in [1.165, 1.54) is 36.4 Å². The number of esters is 6. The van der Waals surface area contributed by atoms with E-state index in [1.807, 2.05) is 0 Å². The molecule has 0 heterocycles. The third-order valence-electron chi connectivity index (χ3n) is 8.08. The Balaban J connectivity index is 1.92. The highest BCUT2D eigenvalue weighted by atomic mass is 16.6. The van der Waals surface area contributed by atoms with Gasteiger partial charge in [-0.1, -0.05) is 55.4 Å². The van der Waals surface area contributed by atoms with Crippen molar-refractivity contribution in [1.29, 1.82) is 0 Å². The lowest BCUT2D eigenvalue weighted by atomic mass is 10.2. The van der Waals surface area contributed by atoms with Gasteiger partial charge in [0.05, 0.1) is 48.0 Å². The van der Waals surface area contributed by atoms with Crippen LogP contribution in [0.25, 0.3) is 0 Å². The molecule has 0 aliphatic rings. The smallest absolute Gasteiger partial charge is 0.338 e. The third kappa shape index (κ3) is 17.8. The van der Waals surface area contributed by atoms with Gasteiger partial charge in [-0.3, -0.25) is 19.2 Å². The second-order valence-corrected chi connectivity index (χ2v) is 14.6. The van der Waals surface area contributed by atoms with Crippen molar-refractivity contribution < 1.29 is 62.3 Å². The Morgan fingerprint density at radius 3 is 1.02 bits per heavy atom. The fourth-order valence-electron chi connectivity index (χ4n) is 4.70. The second kappa shape index (κ2) is 24.6. The number of carbonyl (C=O) groups excluding carboxylic acids is 6. The van der Waals surface area contributed by atoms with E-state index >= 15 is 0 Å². The topological polar surface area (TPSA) is 181 Å². The summed E-state index contributed by atoms with van der Waals surface area (Å²) < 4.78 is 32.5. The van der Waals surface area contributed by atoms with Crippen LogP contribution >= 0.6 is 0 Å². The summed E-state index contributed by atoms with van der Waals surface area (Å²) in [5.74, 6) is -4.71. The SMILES string of the molecule is CC(C)C(=O)Oc1cc(OC(=O)C(C)C)cc(C(=O)OCCCCN(CCCCO)CCCCOC(=O)c2cc(OC(=O)C(C)C)cc(OC(=O)C(C)C)c2)c1. The Labute approximate surface area is 330 Å². The molecule has 2 rings (SSSR count). The summed E-state index contributed by atoms with van der Waals surface area (Å²) in [6, 6.07) is 8.25. The maximum atomic E-state index is 13.0. The minimum atomic E-state index is -0.653. The zero-order valence-corrected chi connectivity index (χ0v) is 34.1. The van der Waals surface area contributed by atoms with Gasteiger partial charge in [0, 0.05) is 18.7 Å². The first kappa shape index (κ1) is 47.3. The molecule has 0 saturated carbocycles. The number of hydrogen-bond donors (Lipinski definition) is 1. The van der Waals surface area contributed by atoms with Crippen molar-refractivity contribution in [2.24, 2.45) is 23.7 Å². The van der Waals surface area contributed by atoms with Crippen molar-refractivity contribution in [3.8, 4) is 23.0 Å². The molecule has 0 amide bonds. The van der Waals surface area contributed by atoms with Gasteiger partial charge in [-0.2, -0.15) is 0 Å². The van der Waals surface area contributed by atoms with E-state index in [4.69, 9.17) is 28.4 Å². The molecule has 0 atom stereocenters. The molecule has 1 N–H and O–H groups in total. The zero-order valence-electron chi connectivity index (χ0n) is 34.1. The van der Waals surface area contributed by atoms with Gasteiger partial charge in [-0.05, 0) is 82.4 Å². The first-order chi connectivity index (χ1) is 26.5. The van der Waals surface area contributed by atoms with Gasteiger partial charge in [0.1, 0.15) is 23.0 Å². The Morgan fingerprint density at radius 2 is 0.750 bits per heavy atom. The van der Waals surface area contributed by atoms with Crippen molar-refractivity contribution in [3.63, 3.8) is 0 Å². The lowest BCUT2D eigenvalue weighted by Gasteiger charge is -2.22. The predicted molar refractivity (Wildman–Crippen MR) is 207 cm³/mol. The van der Waals surface area contributed by atoms with Crippen molar-refractivity contribution in [1.82, 2.24) is 4.90 Å². The molecule has 0 radical (unpaired) electrons. The summed E-state index contributed by atoms with van der Waals surface area (Å²) in [7, 11) is 0. The van der Waals surface area contributed by atoms with Gasteiger partial charge >= 0.3 is 35.8 Å². The fourth-order valence-corrected chi connectivity index (χ4v) is 4.70. The van der Waals surface area contributed by atoms with E-state index in [2.05, 4.69) is 4.90 Å². The van der Waals surface area contributed by atoms with Gasteiger partial charge in [0.15, 0.2) is 0 Å². The van der Waals surface area contributed by atoms with Crippen LogP contribution in [-0.2, 0) is 28.7 Å².